The highest BCUT2D eigenvalue weighted by Crippen LogP contribution is 2.26. The van der Waals surface area contributed by atoms with Crippen LogP contribution in [0.2, 0.25) is 0 Å². The molecule has 7 nitrogen and oxygen atoms in total. The summed E-state index contributed by atoms with van der Waals surface area (Å²) in [5, 5.41) is 0. The zero-order chi connectivity index (χ0) is 21.3. The molecule has 0 bridgehead atoms. The van der Waals surface area contributed by atoms with Gasteiger partial charge >= 0.3 is 5.97 Å². The number of carbonyl (C=O) groups excluding carboxylic acids is 2. The normalized spacial score (nSPS) is 14.5. The molecule has 3 heterocycles. The second-order valence-electron chi connectivity index (χ2n) is 7.50. The smallest absolute Gasteiger partial charge is 0.355 e. The molecule has 2 aromatic heterocycles. The standard InChI is InChI=1S/C22H24FN3O4/c1-15(2)30-22(28)20-13-19-18(7-8-25(19)17-5-3-16(23)4-6-17)26(20)14-21(27)24-9-11-29-12-10-24/h3-8,13,15H,9-12,14H2,1-2H3. The molecule has 1 amide bonds. The van der Waals surface area contributed by atoms with Crippen LogP contribution >= 0.6 is 0 Å². The molecule has 158 valence electrons. The van der Waals surface area contributed by atoms with Crippen LogP contribution in [-0.2, 0) is 20.8 Å². The molecule has 1 aromatic carbocycles. The summed E-state index contributed by atoms with van der Waals surface area (Å²) in [6.45, 7) is 5.67. The van der Waals surface area contributed by atoms with Crippen molar-refractivity contribution in [1.29, 1.82) is 0 Å². The van der Waals surface area contributed by atoms with Crippen LogP contribution in [0.25, 0.3) is 16.7 Å². The first-order chi connectivity index (χ1) is 14.4. The van der Waals surface area contributed by atoms with E-state index in [-0.39, 0.29) is 24.4 Å². The Morgan fingerprint density at radius 2 is 1.80 bits per heavy atom. The molecule has 0 spiro atoms. The number of carbonyl (C=O) groups is 2. The summed E-state index contributed by atoms with van der Waals surface area (Å²) >= 11 is 0. The first-order valence-corrected chi connectivity index (χ1v) is 9.97. The second kappa shape index (κ2) is 8.31. The number of esters is 1. The van der Waals surface area contributed by atoms with Crippen LogP contribution in [0.3, 0.4) is 0 Å². The van der Waals surface area contributed by atoms with Gasteiger partial charge in [-0.3, -0.25) is 4.79 Å². The maximum Gasteiger partial charge on any atom is 0.355 e. The number of rotatable bonds is 5. The number of halogens is 1. The molecule has 8 heteroatoms. The minimum atomic E-state index is -0.485. The summed E-state index contributed by atoms with van der Waals surface area (Å²) in [5.41, 5.74) is 2.54. The largest absolute Gasteiger partial charge is 0.458 e. The summed E-state index contributed by atoms with van der Waals surface area (Å²) in [5.74, 6) is -0.886. The molecule has 0 saturated carbocycles. The minimum absolute atomic E-state index is 0.0272. The van der Waals surface area contributed by atoms with Gasteiger partial charge in [-0.2, -0.15) is 0 Å². The van der Waals surface area contributed by atoms with Crippen LogP contribution in [0.5, 0.6) is 0 Å². The van der Waals surface area contributed by atoms with Gasteiger partial charge in [0.25, 0.3) is 0 Å². The number of fused-ring (bicyclic) bond motifs is 1. The van der Waals surface area contributed by atoms with Crippen molar-refractivity contribution >= 4 is 22.9 Å². The molecular weight excluding hydrogens is 389 g/mol. The third kappa shape index (κ3) is 3.95. The molecule has 1 saturated heterocycles. The maximum absolute atomic E-state index is 13.3. The van der Waals surface area contributed by atoms with Crippen LogP contribution in [0.15, 0.2) is 42.6 Å². The van der Waals surface area contributed by atoms with Crippen molar-refractivity contribution in [2.45, 2.75) is 26.5 Å². The van der Waals surface area contributed by atoms with Gasteiger partial charge in [0.2, 0.25) is 5.91 Å². The average Bonchev–Trinajstić information content (AvgIpc) is 3.29. The Bertz CT molecular complexity index is 1060. The number of ether oxygens (including phenoxy) is 2. The fraction of sp³-hybridized carbons (Fsp3) is 0.364. The molecule has 1 aliphatic heterocycles. The van der Waals surface area contributed by atoms with Gasteiger partial charge < -0.3 is 23.5 Å². The third-order valence-corrected chi connectivity index (χ3v) is 5.07. The van der Waals surface area contributed by atoms with E-state index in [2.05, 4.69) is 0 Å². The Labute approximate surface area is 173 Å². The highest BCUT2D eigenvalue weighted by Gasteiger charge is 2.24. The van der Waals surface area contributed by atoms with Crippen LogP contribution < -0.4 is 0 Å². The van der Waals surface area contributed by atoms with E-state index in [1.165, 1.54) is 12.1 Å². The van der Waals surface area contributed by atoms with E-state index in [0.29, 0.717) is 32.0 Å². The lowest BCUT2D eigenvalue weighted by atomic mass is 10.3. The molecule has 0 radical (unpaired) electrons. The molecule has 0 atom stereocenters. The van der Waals surface area contributed by atoms with Crippen LogP contribution in [0.1, 0.15) is 24.3 Å². The SMILES string of the molecule is CC(C)OC(=O)c1cc2c(ccn2-c2ccc(F)cc2)n1CC(=O)N1CCOCC1. The Balaban J connectivity index is 1.74. The fourth-order valence-corrected chi connectivity index (χ4v) is 3.63. The van der Waals surface area contributed by atoms with E-state index in [4.69, 9.17) is 9.47 Å². The molecular formula is C22H24FN3O4. The third-order valence-electron chi connectivity index (χ3n) is 5.07. The molecule has 0 unspecified atom stereocenters. The number of benzene rings is 1. The lowest BCUT2D eigenvalue weighted by molar-refractivity contribution is -0.135. The lowest BCUT2D eigenvalue weighted by Gasteiger charge is -2.27. The molecule has 3 aromatic rings. The lowest BCUT2D eigenvalue weighted by Crippen LogP contribution is -2.42. The van der Waals surface area contributed by atoms with Crippen LogP contribution in [0.4, 0.5) is 4.39 Å². The van der Waals surface area contributed by atoms with E-state index in [0.717, 1.165) is 16.7 Å². The second-order valence-corrected chi connectivity index (χ2v) is 7.50. The van der Waals surface area contributed by atoms with Gasteiger partial charge in [0.1, 0.15) is 18.1 Å². The topological polar surface area (TPSA) is 65.7 Å². The highest BCUT2D eigenvalue weighted by molar-refractivity contribution is 5.96. The van der Waals surface area contributed by atoms with Crippen molar-refractivity contribution in [2.24, 2.45) is 0 Å². The number of amides is 1. The monoisotopic (exact) mass is 413 g/mol. The summed E-state index contributed by atoms with van der Waals surface area (Å²) in [6.07, 6.45) is 1.56. The van der Waals surface area contributed by atoms with Crippen molar-refractivity contribution in [3.05, 3.63) is 54.1 Å². The van der Waals surface area contributed by atoms with Gasteiger partial charge in [0, 0.05) is 25.0 Å². The van der Waals surface area contributed by atoms with Crippen molar-refractivity contribution in [3.8, 4) is 5.69 Å². The average molecular weight is 413 g/mol. The first-order valence-electron chi connectivity index (χ1n) is 9.97. The van der Waals surface area contributed by atoms with Gasteiger partial charge in [-0.15, -0.1) is 0 Å². The molecule has 30 heavy (non-hydrogen) atoms. The Morgan fingerprint density at radius 1 is 1.10 bits per heavy atom. The zero-order valence-electron chi connectivity index (χ0n) is 17.0. The van der Waals surface area contributed by atoms with Gasteiger partial charge in [-0.1, -0.05) is 0 Å². The maximum atomic E-state index is 13.3. The number of nitrogens with zero attached hydrogens (tertiary/aromatic N) is 3. The van der Waals surface area contributed by atoms with E-state index in [9.17, 15) is 14.0 Å². The van der Waals surface area contributed by atoms with Crippen LogP contribution in [0, 0.1) is 5.82 Å². The van der Waals surface area contributed by atoms with E-state index in [1.54, 1.807) is 41.5 Å². The predicted octanol–water partition coefficient (Wildman–Crippen LogP) is 3.00. The fourth-order valence-electron chi connectivity index (χ4n) is 3.63. The molecule has 4 rings (SSSR count). The minimum Gasteiger partial charge on any atom is -0.458 e. The summed E-state index contributed by atoms with van der Waals surface area (Å²) in [6, 6.07) is 9.66. The Hall–Kier alpha value is -3.13. The van der Waals surface area contributed by atoms with Crippen molar-refractivity contribution in [3.63, 3.8) is 0 Å². The molecule has 1 fully saturated rings. The molecule has 0 aliphatic carbocycles. The first kappa shape index (κ1) is 20.2. The van der Waals surface area contributed by atoms with Gasteiger partial charge in [0.15, 0.2) is 0 Å². The number of aromatic nitrogens is 2. The number of hydrogen-bond donors (Lipinski definition) is 0. The van der Waals surface area contributed by atoms with Crippen LogP contribution in [-0.4, -0.2) is 58.3 Å². The molecule has 1 aliphatic rings. The summed E-state index contributed by atoms with van der Waals surface area (Å²) in [4.78, 5) is 27.4. The summed E-state index contributed by atoms with van der Waals surface area (Å²) in [7, 11) is 0. The zero-order valence-corrected chi connectivity index (χ0v) is 17.0. The van der Waals surface area contributed by atoms with E-state index < -0.39 is 5.97 Å². The van der Waals surface area contributed by atoms with Gasteiger partial charge in [-0.05, 0) is 50.2 Å². The van der Waals surface area contributed by atoms with E-state index in [1.807, 2.05) is 16.8 Å². The van der Waals surface area contributed by atoms with E-state index >= 15 is 0 Å². The van der Waals surface area contributed by atoms with Gasteiger partial charge in [-0.25, -0.2) is 9.18 Å². The number of hydrogen-bond acceptors (Lipinski definition) is 4. The van der Waals surface area contributed by atoms with Crippen molar-refractivity contribution in [1.82, 2.24) is 14.0 Å². The molecule has 0 N–H and O–H groups in total. The van der Waals surface area contributed by atoms with Crippen molar-refractivity contribution in [2.75, 3.05) is 26.3 Å². The summed E-state index contributed by atoms with van der Waals surface area (Å²) < 4.78 is 27.6. The predicted molar refractivity (Wildman–Crippen MR) is 109 cm³/mol. The van der Waals surface area contributed by atoms with Gasteiger partial charge in [0.05, 0.1) is 30.4 Å². The Morgan fingerprint density at radius 3 is 2.47 bits per heavy atom. The Kier molecular flexibility index (Phi) is 5.59. The quantitative estimate of drug-likeness (QED) is 0.603. The number of morpholine rings is 1. The van der Waals surface area contributed by atoms with Crippen molar-refractivity contribution < 1.29 is 23.5 Å². The highest BCUT2D eigenvalue weighted by atomic mass is 19.1.